The highest BCUT2D eigenvalue weighted by atomic mass is 35.5. The van der Waals surface area contributed by atoms with Crippen LogP contribution in [-0.4, -0.2) is 17.3 Å². The quantitative estimate of drug-likeness (QED) is 0.913. The predicted molar refractivity (Wildman–Crippen MR) is 71.9 cm³/mol. The van der Waals surface area contributed by atoms with Gasteiger partial charge in [0.05, 0.1) is 5.60 Å². The molecule has 0 fully saturated rings. The van der Waals surface area contributed by atoms with Crippen LogP contribution in [-0.2, 0) is 4.74 Å². The highest BCUT2D eigenvalue weighted by Gasteiger charge is 2.32. The van der Waals surface area contributed by atoms with E-state index in [0.717, 1.165) is 5.39 Å². The summed E-state index contributed by atoms with van der Waals surface area (Å²) in [6.45, 7) is 6.10. The zero-order valence-electron chi connectivity index (χ0n) is 10.7. The largest absolute Gasteiger partial charge is 0.458 e. The van der Waals surface area contributed by atoms with E-state index in [2.05, 4.69) is 0 Å². The monoisotopic (exact) mass is 268 g/mol. The van der Waals surface area contributed by atoms with E-state index in [9.17, 15) is 5.11 Å². The van der Waals surface area contributed by atoms with Crippen molar-refractivity contribution in [3.8, 4) is 0 Å². The lowest BCUT2D eigenvalue weighted by atomic mass is 9.99. The first-order valence-corrected chi connectivity index (χ1v) is 6.33. The van der Waals surface area contributed by atoms with Crippen molar-refractivity contribution in [1.29, 1.82) is 0 Å². The molecular weight excluding hydrogens is 252 g/mol. The van der Waals surface area contributed by atoms with Crippen LogP contribution >= 0.6 is 11.6 Å². The Labute approximate surface area is 111 Å². The van der Waals surface area contributed by atoms with Gasteiger partial charge in [-0.2, -0.15) is 0 Å². The van der Waals surface area contributed by atoms with Crippen molar-refractivity contribution < 1.29 is 14.3 Å². The Bertz CT molecular complexity index is 545. The molecule has 1 N–H and O–H groups in total. The van der Waals surface area contributed by atoms with Crippen LogP contribution in [0.2, 0.25) is 5.02 Å². The van der Waals surface area contributed by atoms with Crippen LogP contribution in [0.1, 0.15) is 32.6 Å². The number of rotatable bonds is 4. The second-order valence-electron chi connectivity index (χ2n) is 4.77. The predicted octanol–water partition coefficient (Wildman–Crippen LogP) is 3.93. The maximum absolute atomic E-state index is 10.3. The number of benzene rings is 1. The van der Waals surface area contributed by atoms with Gasteiger partial charge in [-0.05, 0) is 45.0 Å². The Morgan fingerprint density at radius 1 is 1.39 bits per heavy atom. The Morgan fingerprint density at radius 3 is 2.78 bits per heavy atom. The summed E-state index contributed by atoms with van der Waals surface area (Å²) in [6, 6.07) is 7.16. The second-order valence-corrected chi connectivity index (χ2v) is 5.21. The van der Waals surface area contributed by atoms with Gasteiger partial charge in [-0.25, -0.2) is 0 Å². The third-order valence-corrected chi connectivity index (χ3v) is 3.18. The molecule has 1 aromatic carbocycles. The summed E-state index contributed by atoms with van der Waals surface area (Å²) < 4.78 is 11.2. The molecule has 2 rings (SSSR count). The molecule has 0 saturated heterocycles. The maximum Gasteiger partial charge on any atom is 0.140 e. The van der Waals surface area contributed by atoms with E-state index in [1.165, 1.54) is 0 Å². The summed E-state index contributed by atoms with van der Waals surface area (Å²) in [5.41, 5.74) is 0.0210. The maximum atomic E-state index is 10.3. The van der Waals surface area contributed by atoms with Gasteiger partial charge in [-0.15, -0.1) is 0 Å². The van der Waals surface area contributed by atoms with Crippen LogP contribution in [0.15, 0.2) is 28.7 Å². The molecule has 4 heteroatoms. The van der Waals surface area contributed by atoms with Crippen molar-refractivity contribution in [3.05, 3.63) is 35.0 Å². The van der Waals surface area contributed by atoms with Crippen molar-refractivity contribution in [1.82, 2.24) is 0 Å². The number of hydrogen-bond acceptors (Lipinski definition) is 3. The number of ether oxygens (including phenoxy) is 1. The molecule has 3 nitrogen and oxygen atoms in total. The number of fused-ring (bicyclic) bond motifs is 1. The van der Waals surface area contributed by atoms with Gasteiger partial charge in [-0.3, -0.25) is 0 Å². The van der Waals surface area contributed by atoms with E-state index in [1.807, 2.05) is 26.8 Å². The first kappa shape index (κ1) is 13.4. The average Bonchev–Trinajstić information content (AvgIpc) is 2.70. The molecule has 0 spiro atoms. The summed E-state index contributed by atoms with van der Waals surface area (Å²) in [5.74, 6) is 0.491. The van der Waals surface area contributed by atoms with Gasteiger partial charge in [0.1, 0.15) is 17.4 Å². The zero-order chi connectivity index (χ0) is 13.3. The third-order valence-electron chi connectivity index (χ3n) is 2.94. The van der Waals surface area contributed by atoms with Crippen molar-refractivity contribution in [2.24, 2.45) is 0 Å². The molecule has 0 aliphatic carbocycles. The fourth-order valence-electron chi connectivity index (χ4n) is 1.96. The van der Waals surface area contributed by atoms with Crippen molar-refractivity contribution in [3.63, 3.8) is 0 Å². The van der Waals surface area contributed by atoms with E-state index in [0.29, 0.717) is 23.0 Å². The lowest BCUT2D eigenvalue weighted by molar-refractivity contribution is -0.105. The molecule has 0 radical (unpaired) electrons. The number of hydrogen-bond donors (Lipinski definition) is 1. The molecular formula is C14H17ClO3. The van der Waals surface area contributed by atoms with Crippen LogP contribution in [0.5, 0.6) is 0 Å². The topological polar surface area (TPSA) is 42.6 Å². The molecule has 98 valence electrons. The summed E-state index contributed by atoms with van der Waals surface area (Å²) >= 11 is 5.92. The van der Waals surface area contributed by atoms with E-state index >= 15 is 0 Å². The van der Waals surface area contributed by atoms with Gasteiger partial charge < -0.3 is 14.3 Å². The first-order chi connectivity index (χ1) is 8.44. The van der Waals surface area contributed by atoms with Crippen LogP contribution in [0, 0.1) is 0 Å². The van der Waals surface area contributed by atoms with E-state index < -0.39 is 11.7 Å². The van der Waals surface area contributed by atoms with E-state index in [-0.39, 0.29) is 0 Å². The molecule has 0 bridgehead atoms. The normalized spacial score (nSPS) is 14.1. The minimum Gasteiger partial charge on any atom is -0.458 e. The van der Waals surface area contributed by atoms with Gasteiger partial charge in [0.15, 0.2) is 0 Å². The molecule has 0 saturated carbocycles. The number of aliphatic hydroxyl groups excluding tert-OH is 1. The van der Waals surface area contributed by atoms with Gasteiger partial charge in [-0.1, -0.05) is 11.6 Å². The van der Waals surface area contributed by atoms with Crippen LogP contribution < -0.4 is 0 Å². The number of furan rings is 1. The summed E-state index contributed by atoms with van der Waals surface area (Å²) in [6.07, 6.45) is -0.816. The number of halogens is 1. The molecule has 0 amide bonds. The number of aliphatic hydroxyl groups is 1. The van der Waals surface area contributed by atoms with Crippen molar-refractivity contribution in [2.75, 3.05) is 6.61 Å². The summed E-state index contributed by atoms with van der Waals surface area (Å²) in [5, 5.41) is 11.8. The van der Waals surface area contributed by atoms with E-state index in [4.69, 9.17) is 20.8 Å². The standard InChI is InChI=1S/C14H17ClO3/c1-4-17-14(2,3)13(16)12-8-9-7-10(15)5-6-11(9)18-12/h5-8,13,16H,4H2,1-3H3. The minimum atomic E-state index is -0.816. The smallest absolute Gasteiger partial charge is 0.140 e. The highest BCUT2D eigenvalue weighted by molar-refractivity contribution is 6.31. The van der Waals surface area contributed by atoms with Crippen LogP contribution in [0.25, 0.3) is 11.0 Å². The van der Waals surface area contributed by atoms with Crippen molar-refractivity contribution in [2.45, 2.75) is 32.5 Å². The summed E-state index contributed by atoms with van der Waals surface area (Å²) in [7, 11) is 0. The highest BCUT2D eigenvalue weighted by Crippen LogP contribution is 2.33. The van der Waals surface area contributed by atoms with Crippen molar-refractivity contribution >= 4 is 22.6 Å². The Hall–Kier alpha value is -1.03. The molecule has 1 unspecified atom stereocenters. The molecule has 0 aliphatic heterocycles. The molecule has 1 heterocycles. The summed E-state index contributed by atoms with van der Waals surface area (Å²) in [4.78, 5) is 0. The van der Waals surface area contributed by atoms with Gasteiger partial charge in [0, 0.05) is 17.0 Å². The molecule has 18 heavy (non-hydrogen) atoms. The Kier molecular flexibility index (Phi) is 3.66. The third kappa shape index (κ3) is 2.53. The van der Waals surface area contributed by atoms with Gasteiger partial charge in [0.25, 0.3) is 0 Å². The Morgan fingerprint density at radius 2 is 2.11 bits per heavy atom. The van der Waals surface area contributed by atoms with Crippen LogP contribution in [0.3, 0.4) is 0 Å². The van der Waals surface area contributed by atoms with E-state index in [1.54, 1.807) is 18.2 Å². The fraction of sp³-hybridized carbons (Fsp3) is 0.429. The molecule has 0 aliphatic rings. The first-order valence-electron chi connectivity index (χ1n) is 5.95. The SMILES string of the molecule is CCOC(C)(C)C(O)c1cc2cc(Cl)ccc2o1. The lowest BCUT2D eigenvalue weighted by Gasteiger charge is -2.28. The second kappa shape index (κ2) is 4.92. The molecule has 2 aromatic rings. The zero-order valence-corrected chi connectivity index (χ0v) is 11.5. The van der Waals surface area contributed by atoms with Crippen LogP contribution in [0.4, 0.5) is 0 Å². The average molecular weight is 269 g/mol. The molecule has 1 aromatic heterocycles. The fourth-order valence-corrected chi connectivity index (χ4v) is 2.14. The Balaban J connectivity index is 2.36. The van der Waals surface area contributed by atoms with Gasteiger partial charge in [0.2, 0.25) is 0 Å². The molecule has 1 atom stereocenters. The minimum absolute atomic E-state index is 0.491. The lowest BCUT2D eigenvalue weighted by Crippen LogP contribution is -2.32. The van der Waals surface area contributed by atoms with Gasteiger partial charge >= 0.3 is 0 Å².